The van der Waals surface area contributed by atoms with Gasteiger partial charge in [-0.1, -0.05) is 29.8 Å². The molecule has 0 heterocycles. The molecule has 0 unspecified atom stereocenters. The Kier molecular flexibility index (Phi) is 7.15. The lowest BCUT2D eigenvalue weighted by molar-refractivity contribution is 0.448. The second-order valence-electron chi connectivity index (χ2n) is 4.92. The average molecular weight is 299 g/mol. The summed E-state index contributed by atoms with van der Waals surface area (Å²) in [7, 11) is 0.0921. The number of benzene rings is 1. The van der Waals surface area contributed by atoms with E-state index >= 15 is 0 Å². The van der Waals surface area contributed by atoms with Gasteiger partial charge in [0, 0.05) is 20.1 Å². The smallest absolute Gasteiger partial charge is 0.279 e. The standard InChI is InChI=1S/C14H25N3O2S/c1-13-6-4-7-14(12-13)8-10-16-20(18,19)17(3)11-5-9-15-2/h4,6-7,12,15-16H,5,8-11H2,1-3H3. The zero-order valence-electron chi connectivity index (χ0n) is 12.5. The molecule has 1 aromatic carbocycles. The third kappa shape index (κ3) is 6.00. The summed E-state index contributed by atoms with van der Waals surface area (Å²) in [6, 6.07) is 8.11. The number of hydrogen-bond donors (Lipinski definition) is 2. The Balaban J connectivity index is 2.39. The maximum absolute atomic E-state index is 12.0. The molecule has 1 aromatic rings. The molecule has 0 amide bonds. The van der Waals surface area contributed by atoms with Crippen LogP contribution in [0.2, 0.25) is 0 Å². The van der Waals surface area contributed by atoms with Crippen LogP contribution in [0, 0.1) is 6.92 Å². The van der Waals surface area contributed by atoms with Crippen molar-refractivity contribution in [2.45, 2.75) is 19.8 Å². The van der Waals surface area contributed by atoms with E-state index in [2.05, 4.69) is 16.1 Å². The second kappa shape index (κ2) is 8.36. The highest BCUT2D eigenvalue weighted by molar-refractivity contribution is 7.87. The first-order valence-electron chi connectivity index (χ1n) is 6.87. The Bertz CT molecular complexity index is 503. The van der Waals surface area contributed by atoms with Crippen molar-refractivity contribution < 1.29 is 8.42 Å². The first-order chi connectivity index (χ1) is 9.45. The quantitative estimate of drug-likeness (QED) is 0.666. The highest BCUT2D eigenvalue weighted by Gasteiger charge is 2.15. The van der Waals surface area contributed by atoms with Crippen LogP contribution in [0.1, 0.15) is 17.5 Å². The van der Waals surface area contributed by atoms with Crippen LogP contribution in [0.25, 0.3) is 0 Å². The summed E-state index contributed by atoms with van der Waals surface area (Å²) in [5, 5.41) is 3.00. The maximum atomic E-state index is 12.0. The fourth-order valence-corrected chi connectivity index (χ4v) is 2.85. The fraction of sp³-hybridized carbons (Fsp3) is 0.571. The summed E-state index contributed by atoms with van der Waals surface area (Å²) in [6.07, 6.45) is 1.50. The van der Waals surface area contributed by atoms with Gasteiger partial charge in [-0.25, -0.2) is 4.72 Å². The van der Waals surface area contributed by atoms with Gasteiger partial charge >= 0.3 is 0 Å². The second-order valence-corrected chi connectivity index (χ2v) is 6.78. The Labute approximate surface area is 122 Å². The van der Waals surface area contributed by atoms with Crippen molar-refractivity contribution in [2.24, 2.45) is 0 Å². The molecule has 0 spiro atoms. The van der Waals surface area contributed by atoms with Crippen molar-refractivity contribution >= 4 is 10.2 Å². The van der Waals surface area contributed by atoms with E-state index in [-0.39, 0.29) is 0 Å². The zero-order valence-corrected chi connectivity index (χ0v) is 13.3. The minimum atomic E-state index is -3.37. The molecule has 0 bridgehead atoms. The molecule has 0 aliphatic rings. The van der Waals surface area contributed by atoms with E-state index in [0.717, 1.165) is 18.5 Å². The highest BCUT2D eigenvalue weighted by atomic mass is 32.2. The van der Waals surface area contributed by atoms with Gasteiger partial charge in [0.05, 0.1) is 0 Å². The van der Waals surface area contributed by atoms with Crippen LogP contribution in [0.5, 0.6) is 0 Å². The normalized spacial score (nSPS) is 12.0. The van der Waals surface area contributed by atoms with Crippen molar-refractivity contribution in [2.75, 3.05) is 33.7 Å². The molecule has 2 N–H and O–H groups in total. The molecule has 0 aromatic heterocycles. The molecule has 0 aliphatic heterocycles. The molecule has 0 aliphatic carbocycles. The molecule has 0 saturated carbocycles. The number of nitrogens with one attached hydrogen (secondary N) is 2. The largest absolute Gasteiger partial charge is 0.320 e. The van der Waals surface area contributed by atoms with Crippen LogP contribution in [0.4, 0.5) is 0 Å². The lowest BCUT2D eigenvalue weighted by Crippen LogP contribution is -2.40. The van der Waals surface area contributed by atoms with E-state index in [0.29, 0.717) is 19.5 Å². The lowest BCUT2D eigenvalue weighted by Gasteiger charge is -2.17. The molecule has 1 rings (SSSR count). The van der Waals surface area contributed by atoms with Crippen molar-refractivity contribution in [3.05, 3.63) is 35.4 Å². The summed E-state index contributed by atoms with van der Waals surface area (Å²) in [5.74, 6) is 0. The fourth-order valence-electron chi connectivity index (χ4n) is 1.90. The van der Waals surface area contributed by atoms with E-state index in [1.165, 1.54) is 9.87 Å². The van der Waals surface area contributed by atoms with Crippen LogP contribution in [-0.4, -0.2) is 46.5 Å². The summed E-state index contributed by atoms with van der Waals surface area (Å²) in [5.41, 5.74) is 2.33. The predicted molar refractivity (Wildman–Crippen MR) is 83.0 cm³/mol. The first-order valence-corrected chi connectivity index (χ1v) is 8.31. The SMILES string of the molecule is CNCCCN(C)S(=O)(=O)NCCc1cccc(C)c1. The third-order valence-corrected chi connectivity index (χ3v) is 4.66. The molecule has 114 valence electrons. The molecule has 5 nitrogen and oxygen atoms in total. The highest BCUT2D eigenvalue weighted by Crippen LogP contribution is 2.04. The van der Waals surface area contributed by atoms with Gasteiger partial charge in [-0.05, 0) is 38.9 Å². The zero-order chi connectivity index (χ0) is 15.0. The molecule has 0 radical (unpaired) electrons. The number of rotatable bonds is 9. The van der Waals surface area contributed by atoms with Gasteiger partial charge in [0.25, 0.3) is 10.2 Å². The van der Waals surface area contributed by atoms with Crippen molar-refractivity contribution in [1.82, 2.24) is 14.3 Å². The van der Waals surface area contributed by atoms with Gasteiger partial charge in [-0.15, -0.1) is 0 Å². The maximum Gasteiger partial charge on any atom is 0.279 e. The molecular formula is C14H25N3O2S. The van der Waals surface area contributed by atoms with Crippen LogP contribution in [-0.2, 0) is 16.6 Å². The van der Waals surface area contributed by atoms with Crippen LogP contribution in [0.3, 0.4) is 0 Å². The van der Waals surface area contributed by atoms with E-state index in [4.69, 9.17) is 0 Å². The number of hydrogen-bond acceptors (Lipinski definition) is 3. The Morgan fingerprint density at radius 1 is 1.25 bits per heavy atom. The predicted octanol–water partition coefficient (Wildman–Crippen LogP) is 0.913. The molecule has 0 fully saturated rings. The Morgan fingerprint density at radius 2 is 2.00 bits per heavy atom. The van der Waals surface area contributed by atoms with Crippen LogP contribution < -0.4 is 10.0 Å². The molecule has 6 heteroatoms. The van der Waals surface area contributed by atoms with Crippen molar-refractivity contribution in [1.29, 1.82) is 0 Å². The summed E-state index contributed by atoms with van der Waals surface area (Å²) in [4.78, 5) is 0. The molecule has 0 saturated heterocycles. The van der Waals surface area contributed by atoms with E-state index in [9.17, 15) is 8.42 Å². The van der Waals surface area contributed by atoms with Crippen molar-refractivity contribution in [3.8, 4) is 0 Å². The van der Waals surface area contributed by atoms with Crippen LogP contribution >= 0.6 is 0 Å². The van der Waals surface area contributed by atoms with Gasteiger partial charge in [0.2, 0.25) is 0 Å². The number of aryl methyl sites for hydroxylation is 1. The first kappa shape index (κ1) is 17.1. The monoisotopic (exact) mass is 299 g/mol. The van der Waals surface area contributed by atoms with Crippen LogP contribution in [0.15, 0.2) is 24.3 Å². The average Bonchev–Trinajstić information content (AvgIpc) is 2.38. The molecular weight excluding hydrogens is 274 g/mol. The Hall–Kier alpha value is -0.950. The van der Waals surface area contributed by atoms with Gasteiger partial charge in [-0.2, -0.15) is 12.7 Å². The molecule has 0 atom stereocenters. The third-order valence-electron chi connectivity index (χ3n) is 3.09. The molecule has 20 heavy (non-hydrogen) atoms. The van der Waals surface area contributed by atoms with E-state index in [1.54, 1.807) is 7.05 Å². The van der Waals surface area contributed by atoms with Gasteiger partial charge in [-0.3, -0.25) is 0 Å². The topological polar surface area (TPSA) is 61.4 Å². The minimum Gasteiger partial charge on any atom is -0.320 e. The summed E-state index contributed by atoms with van der Waals surface area (Å²) < 4.78 is 27.9. The van der Waals surface area contributed by atoms with E-state index in [1.807, 2.05) is 32.2 Å². The van der Waals surface area contributed by atoms with Crippen molar-refractivity contribution in [3.63, 3.8) is 0 Å². The van der Waals surface area contributed by atoms with E-state index < -0.39 is 10.2 Å². The summed E-state index contributed by atoms with van der Waals surface area (Å²) >= 11 is 0. The van der Waals surface area contributed by atoms with Gasteiger partial charge in [0.1, 0.15) is 0 Å². The Morgan fingerprint density at radius 3 is 2.65 bits per heavy atom. The minimum absolute atomic E-state index is 0.419. The lowest BCUT2D eigenvalue weighted by atomic mass is 10.1. The van der Waals surface area contributed by atoms with Gasteiger partial charge in [0.15, 0.2) is 0 Å². The number of nitrogens with zero attached hydrogens (tertiary/aromatic N) is 1. The summed E-state index contributed by atoms with van der Waals surface area (Å²) in [6.45, 7) is 3.77. The van der Waals surface area contributed by atoms with Gasteiger partial charge < -0.3 is 5.32 Å².